The van der Waals surface area contributed by atoms with Crippen molar-refractivity contribution >= 4 is 0 Å². The molecular formula is C6H12O2. The van der Waals surface area contributed by atoms with Crippen molar-refractivity contribution in [1.29, 1.82) is 0 Å². The molecule has 2 atom stereocenters. The van der Waals surface area contributed by atoms with Crippen LogP contribution in [0.2, 0.25) is 0 Å². The van der Waals surface area contributed by atoms with E-state index in [1.807, 2.05) is 0 Å². The van der Waals surface area contributed by atoms with Crippen molar-refractivity contribution in [3.05, 3.63) is 0 Å². The second kappa shape index (κ2) is 2.46. The van der Waals surface area contributed by atoms with Gasteiger partial charge in [0.15, 0.2) is 0 Å². The van der Waals surface area contributed by atoms with Crippen molar-refractivity contribution in [2.24, 2.45) is 11.8 Å². The van der Waals surface area contributed by atoms with E-state index in [4.69, 9.17) is 9.78 Å². The van der Waals surface area contributed by atoms with Crippen molar-refractivity contribution < 1.29 is 9.78 Å². The van der Waals surface area contributed by atoms with Crippen molar-refractivity contribution in [2.75, 3.05) is 13.2 Å². The second-order valence-electron chi connectivity index (χ2n) is 2.52. The molecule has 8 heavy (non-hydrogen) atoms. The first-order valence-electron chi connectivity index (χ1n) is 3.05. The highest BCUT2D eigenvalue weighted by molar-refractivity contribution is 4.60. The molecule has 0 aromatic rings. The molecule has 1 rings (SSSR count). The molecule has 0 aromatic heterocycles. The second-order valence-corrected chi connectivity index (χ2v) is 2.52. The predicted octanol–water partition coefficient (Wildman–Crippen LogP) is 1.22. The highest BCUT2D eigenvalue weighted by Gasteiger charge is 2.17. The molecule has 0 saturated carbocycles. The Bertz CT molecular complexity index is 62.9. The van der Waals surface area contributed by atoms with Gasteiger partial charge in [-0.1, -0.05) is 13.8 Å². The maximum absolute atomic E-state index is 4.75. The van der Waals surface area contributed by atoms with Gasteiger partial charge in [-0.25, -0.2) is 9.78 Å². The maximum atomic E-state index is 4.75. The third kappa shape index (κ3) is 1.20. The average Bonchev–Trinajstić information content (AvgIpc) is 1.77. The summed E-state index contributed by atoms with van der Waals surface area (Å²) in [5.41, 5.74) is 0. The van der Waals surface area contributed by atoms with E-state index in [0.29, 0.717) is 11.8 Å². The van der Waals surface area contributed by atoms with Crippen LogP contribution in [-0.2, 0) is 9.78 Å². The Morgan fingerprint density at radius 1 is 1.00 bits per heavy atom. The van der Waals surface area contributed by atoms with Gasteiger partial charge in [-0.15, -0.1) is 0 Å². The fraction of sp³-hybridized carbons (Fsp3) is 1.00. The van der Waals surface area contributed by atoms with Crippen molar-refractivity contribution in [2.45, 2.75) is 13.8 Å². The molecule has 1 heterocycles. The minimum atomic E-state index is 0.656. The Morgan fingerprint density at radius 3 is 1.62 bits per heavy atom. The van der Waals surface area contributed by atoms with E-state index in [1.165, 1.54) is 0 Å². The lowest BCUT2D eigenvalue weighted by Gasteiger charge is -2.23. The van der Waals surface area contributed by atoms with Crippen LogP contribution in [0.4, 0.5) is 0 Å². The summed E-state index contributed by atoms with van der Waals surface area (Å²) >= 11 is 0. The molecular weight excluding hydrogens is 104 g/mol. The molecule has 2 unspecified atom stereocenters. The smallest absolute Gasteiger partial charge is 0.0851 e. The Balaban J connectivity index is 2.28. The zero-order chi connectivity index (χ0) is 5.98. The highest BCUT2D eigenvalue weighted by Crippen LogP contribution is 2.15. The molecule has 0 spiro atoms. The van der Waals surface area contributed by atoms with Gasteiger partial charge in [0.2, 0.25) is 0 Å². The standard InChI is InChI=1S/C6H12O2/c1-5-3-7-8-4-6(5)2/h5-6H,3-4H2,1-2H3. The van der Waals surface area contributed by atoms with Gasteiger partial charge in [0.05, 0.1) is 13.2 Å². The molecule has 0 N–H and O–H groups in total. The van der Waals surface area contributed by atoms with Crippen LogP contribution in [0.5, 0.6) is 0 Å². The van der Waals surface area contributed by atoms with E-state index < -0.39 is 0 Å². The lowest BCUT2D eigenvalue weighted by atomic mass is 9.98. The highest BCUT2D eigenvalue weighted by atomic mass is 17.2. The van der Waals surface area contributed by atoms with E-state index in [0.717, 1.165) is 13.2 Å². The topological polar surface area (TPSA) is 18.5 Å². The molecule has 0 bridgehead atoms. The zero-order valence-electron chi connectivity index (χ0n) is 5.39. The third-order valence-corrected chi connectivity index (χ3v) is 1.72. The van der Waals surface area contributed by atoms with E-state index in [1.54, 1.807) is 0 Å². The summed E-state index contributed by atoms with van der Waals surface area (Å²) in [6, 6.07) is 0. The summed E-state index contributed by atoms with van der Waals surface area (Å²) in [4.78, 5) is 9.50. The molecule has 0 amide bonds. The zero-order valence-corrected chi connectivity index (χ0v) is 5.39. The minimum Gasteiger partial charge on any atom is -0.236 e. The van der Waals surface area contributed by atoms with Crippen LogP contribution >= 0.6 is 0 Å². The van der Waals surface area contributed by atoms with Crippen LogP contribution in [-0.4, -0.2) is 13.2 Å². The van der Waals surface area contributed by atoms with Crippen LogP contribution in [0.3, 0.4) is 0 Å². The fourth-order valence-corrected chi connectivity index (χ4v) is 0.639. The molecule has 2 heteroatoms. The van der Waals surface area contributed by atoms with Gasteiger partial charge < -0.3 is 0 Å². The van der Waals surface area contributed by atoms with E-state index in [-0.39, 0.29) is 0 Å². The quantitative estimate of drug-likeness (QED) is 0.443. The van der Waals surface area contributed by atoms with Crippen molar-refractivity contribution in [1.82, 2.24) is 0 Å². The molecule has 2 nitrogen and oxygen atoms in total. The van der Waals surface area contributed by atoms with Gasteiger partial charge >= 0.3 is 0 Å². The van der Waals surface area contributed by atoms with E-state index in [9.17, 15) is 0 Å². The van der Waals surface area contributed by atoms with Gasteiger partial charge in [-0.2, -0.15) is 0 Å². The van der Waals surface area contributed by atoms with Crippen LogP contribution in [0, 0.1) is 11.8 Å². The molecule has 1 aliphatic rings. The first-order chi connectivity index (χ1) is 3.80. The average molecular weight is 116 g/mol. The molecule has 1 aliphatic heterocycles. The molecule has 1 saturated heterocycles. The van der Waals surface area contributed by atoms with Crippen LogP contribution in [0.15, 0.2) is 0 Å². The lowest BCUT2D eigenvalue weighted by Crippen LogP contribution is -2.25. The van der Waals surface area contributed by atoms with E-state index in [2.05, 4.69) is 13.8 Å². The first-order valence-corrected chi connectivity index (χ1v) is 3.05. The van der Waals surface area contributed by atoms with Gasteiger partial charge in [-0.05, 0) is 11.8 Å². The number of hydrogen-bond donors (Lipinski definition) is 0. The first kappa shape index (κ1) is 6.05. The molecule has 0 radical (unpaired) electrons. The summed E-state index contributed by atoms with van der Waals surface area (Å²) < 4.78 is 0. The predicted molar refractivity (Wildman–Crippen MR) is 30.2 cm³/mol. The lowest BCUT2D eigenvalue weighted by molar-refractivity contribution is -0.334. The largest absolute Gasteiger partial charge is 0.236 e. The molecule has 48 valence electrons. The number of rotatable bonds is 0. The van der Waals surface area contributed by atoms with Crippen LogP contribution in [0.25, 0.3) is 0 Å². The number of hydrogen-bond acceptors (Lipinski definition) is 2. The molecule has 1 fully saturated rings. The third-order valence-electron chi connectivity index (χ3n) is 1.72. The Hall–Kier alpha value is -0.0800. The maximum Gasteiger partial charge on any atom is 0.0851 e. The summed E-state index contributed by atoms with van der Waals surface area (Å²) in [5, 5.41) is 0. The van der Waals surface area contributed by atoms with E-state index >= 15 is 0 Å². The summed E-state index contributed by atoms with van der Waals surface area (Å²) in [6.07, 6.45) is 0. The summed E-state index contributed by atoms with van der Waals surface area (Å²) in [7, 11) is 0. The Kier molecular flexibility index (Phi) is 1.86. The van der Waals surface area contributed by atoms with Gasteiger partial charge in [-0.3, -0.25) is 0 Å². The normalized spacial score (nSPS) is 39.8. The SMILES string of the molecule is CC1COOCC1C. The fourth-order valence-electron chi connectivity index (χ4n) is 0.639. The summed E-state index contributed by atoms with van der Waals surface area (Å²) in [6.45, 7) is 5.85. The van der Waals surface area contributed by atoms with Gasteiger partial charge in [0.1, 0.15) is 0 Å². The van der Waals surface area contributed by atoms with Gasteiger partial charge in [0.25, 0.3) is 0 Å². The minimum absolute atomic E-state index is 0.656. The Labute approximate surface area is 49.7 Å². The summed E-state index contributed by atoms with van der Waals surface area (Å²) in [5.74, 6) is 1.31. The van der Waals surface area contributed by atoms with Crippen molar-refractivity contribution in [3.63, 3.8) is 0 Å². The molecule has 0 aliphatic carbocycles. The Morgan fingerprint density at radius 2 is 1.38 bits per heavy atom. The van der Waals surface area contributed by atoms with Gasteiger partial charge in [0, 0.05) is 0 Å². The molecule has 0 aromatic carbocycles. The van der Waals surface area contributed by atoms with Crippen molar-refractivity contribution in [3.8, 4) is 0 Å². The monoisotopic (exact) mass is 116 g/mol. The van der Waals surface area contributed by atoms with Crippen LogP contribution < -0.4 is 0 Å². The van der Waals surface area contributed by atoms with Crippen LogP contribution in [0.1, 0.15) is 13.8 Å².